The maximum Gasteiger partial charge on any atom is 0.251 e. The summed E-state index contributed by atoms with van der Waals surface area (Å²) in [4.78, 5) is 12.0. The third-order valence-corrected chi connectivity index (χ3v) is 3.54. The molecule has 0 heterocycles. The molecule has 104 valence electrons. The molecule has 0 saturated heterocycles. The number of nitrogens with one attached hydrogen (secondary N) is 1. The zero-order chi connectivity index (χ0) is 14.4. The lowest BCUT2D eigenvalue weighted by Crippen LogP contribution is -2.22. The topological polar surface area (TPSA) is 55.1 Å². The van der Waals surface area contributed by atoms with Gasteiger partial charge in [-0.3, -0.25) is 4.79 Å². The number of hydrogen-bond donors (Lipinski definition) is 2. The van der Waals surface area contributed by atoms with E-state index in [4.69, 9.17) is 5.73 Å². The first-order valence-corrected chi connectivity index (χ1v) is 7.30. The summed E-state index contributed by atoms with van der Waals surface area (Å²) in [7, 11) is 0. The zero-order valence-corrected chi connectivity index (χ0v) is 12.7. The summed E-state index contributed by atoms with van der Waals surface area (Å²) in [6, 6.07) is 15.4. The van der Waals surface area contributed by atoms with Gasteiger partial charge < -0.3 is 11.1 Å². The monoisotopic (exact) mass is 332 g/mol. The summed E-state index contributed by atoms with van der Waals surface area (Å²) in [6.07, 6.45) is 0.834. The first-order valence-electron chi connectivity index (χ1n) is 6.50. The normalized spacial score (nSPS) is 10.3. The van der Waals surface area contributed by atoms with E-state index in [1.165, 1.54) is 0 Å². The van der Waals surface area contributed by atoms with E-state index in [0.717, 1.165) is 22.0 Å². The fourth-order valence-electron chi connectivity index (χ4n) is 1.88. The SMILES string of the molecule is NCCc1ccc(C(=O)NCc2ccc(Br)cc2)cc1. The van der Waals surface area contributed by atoms with Crippen molar-refractivity contribution in [2.75, 3.05) is 6.54 Å². The third-order valence-electron chi connectivity index (χ3n) is 3.02. The van der Waals surface area contributed by atoms with Crippen LogP contribution in [0.5, 0.6) is 0 Å². The van der Waals surface area contributed by atoms with Gasteiger partial charge in [0, 0.05) is 16.6 Å². The van der Waals surface area contributed by atoms with Crippen molar-refractivity contribution in [3.05, 3.63) is 69.7 Å². The smallest absolute Gasteiger partial charge is 0.251 e. The summed E-state index contributed by atoms with van der Waals surface area (Å²) in [5.74, 6) is -0.0628. The number of rotatable bonds is 5. The van der Waals surface area contributed by atoms with Crippen LogP contribution in [-0.4, -0.2) is 12.5 Å². The molecule has 0 atom stereocenters. The van der Waals surface area contributed by atoms with Crippen molar-refractivity contribution in [3.8, 4) is 0 Å². The highest BCUT2D eigenvalue weighted by molar-refractivity contribution is 9.10. The number of halogens is 1. The Labute approximate surface area is 127 Å². The summed E-state index contributed by atoms with van der Waals surface area (Å²) < 4.78 is 1.03. The maximum atomic E-state index is 12.0. The fraction of sp³-hybridized carbons (Fsp3) is 0.188. The highest BCUT2D eigenvalue weighted by atomic mass is 79.9. The molecular formula is C16H17BrN2O. The van der Waals surface area contributed by atoms with Crippen molar-refractivity contribution >= 4 is 21.8 Å². The summed E-state index contributed by atoms with van der Waals surface area (Å²) >= 11 is 3.39. The minimum Gasteiger partial charge on any atom is -0.348 e. The average molecular weight is 333 g/mol. The predicted molar refractivity (Wildman–Crippen MR) is 84.5 cm³/mol. The van der Waals surface area contributed by atoms with Gasteiger partial charge in [-0.15, -0.1) is 0 Å². The predicted octanol–water partition coefficient (Wildman–Crippen LogP) is 2.88. The molecule has 2 rings (SSSR count). The molecule has 0 aliphatic carbocycles. The standard InChI is InChI=1S/C16H17BrN2O/c17-15-7-3-13(4-8-15)11-19-16(20)14-5-1-12(2-6-14)9-10-18/h1-8H,9-11,18H2,(H,19,20). The van der Waals surface area contributed by atoms with E-state index in [-0.39, 0.29) is 5.91 Å². The highest BCUT2D eigenvalue weighted by Crippen LogP contribution is 2.10. The van der Waals surface area contributed by atoms with Crippen molar-refractivity contribution in [3.63, 3.8) is 0 Å². The molecule has 2 aromatic rings. The summed E-state index contributed by atoms with van der Waals surface area (Å²) in [5.41, 5.74) is 8.39. The Kier molecular flexibility index (Phi) is 5.32. The lowest BCUT2D eigenvalue weighted by molar-refractivity contribution is 0.0951. The van der Waals surface area contributed by atoms with Crippen LogP contribution in [0.4, 0.5) is 0 Å². The van der Waals surface area contributed by atoms with Crippen LogP contribution in [0, 0.1) is 0 Å². The third kappa shape index (κ3) is 4.18. The van der Waals surface area contributed by atoms with E-state index in [1.54, 1.807) is 0 Å². The first-order chi connectivity index (χ1) is 9.69. The Bertz CT molecular complexity index is 564. The van der Waals surface area contributed by atoms with Crippen LogP contribution in [0.1, 0.15) is 21.5 Å². The lowest BCUT2D eigenvalue weighted by atomic mass is 10.1. The average Bonchev–Trinajstić information content (AvgIpc) is 2.47. The van der Waals surface area contributed by atoms with Crippen LogP contribution in [0.15, 0.2) is 53.0 Å². The molecule has 20 heavy (non-hydrogen) atoms. The second-order valence-corrected chi connectivity index (χ2v) is 5.46. The Hall–Kier alpha value is -1.65. The minimum absolute atomic E-state index is 0.0628. The number of nitrogens with two attached hydrogens (primary N) is 1. The van der Waals surface area contributed by atoms with Crippen molar-refractivity contribution in [1.82, 2.24) is 5.32 Å². The van der Waals surface area contributed by atoms with Gasteiger partial charge in [0.2, 0.25) is 0 Å². The van der Waals surface area contributed by atoms with Gasteiger partial charge in [0.1, 0.15) is 0 Å². The maximum absolute atomic E-state index is 12.0. The molecule has 1 amide bonds. The van der Waals surface area contributed by atoms with Gasteiger partial charge in [-0.1, -0.05) is 40.2 Å². The first kappa shape index (κ1) is 14.8. The number of benzene rings is 2. The molecule has 0 bridgehead atoms. The molecule has 0 saturated carbocycles. The van der Waals surface area contributed by atoms with E-state index in [1.807, 2.05) is 48.5 Å². The number of carbonyl (C=O) groups is 1. The molecule has 2 aromatic carbocycles. The van der Waals surface area contributed by atoms with Gasteiger partial charge in [0.05, 0.1) is 0 Å². The van der Waals surface area contributed by atoms with Crippen LogP contribution in [0.2, 0.25) is 0 Å². The van der Waals surface area contributed by atoms with E-state index in [9.17, 15) is 4.79 Å². The molecule has 0 fully saturated rings. The molecule has 0 radical (unpaired) electrons. The second kappa shape index (κ2) is 7.22. The van der Waals surface area contributed by atoms with Crippen LogP contribution >= 0.6 is 15.9 Å². The van der Waals surface area contributed by atoms with Gasteiger partial charge in [0.25, 0.3) is 5.91 Å². The Balaban J connectivity index is 1.92. The highest BCUT2D eigenvalue weighted by Gasteiger charge is 2.05. The molecular weight excluding hydrogens is 316 g/mol. The Morgan fingerprint density at radius 3 is 2.20 bits per heavy atom. The van der Waals surface area contributed by atoms with Crippen molar-refractivity contribution in [2.24, 2.45) is 5.73 Å². The molecule has 0 spiro atoms. The Morgan fingerprint density at radius 1 is 1.00 bits per heavy atom. The van der Waals surface area contributed by atoms with Gasteiger partial charge in [-0.05, 0) is 48.4 Å². The molecule has 3 nitrogen and oxygen atoms in total. The van der Waals surface area contributed by atoms with E-state index in [2.05, 4.69) is 21.2 Å². The van der Waals surface area contributed by atoms with Crippen molar-refractivity contribution < 1.29 is 4.79 Å². The molecule has 0 aliphatic heterocycles. The van der Waals surface area contributed by atoms with E-state index >= 15 is 0 Å². The molecule has 4 heteroatoms. The lowest BCUT2D eigenvalue weighted by Gasteiger charge is -2.06. The Morgan fingerprint density at radius 2 is 1.60 bits per heavy atom. The van der Waals surface area contributed by atoms with E-state index in [0.29, 0.717) is 18.7 Å². The van der Waals surface area contributed by atoms with Gasteiger partial charge in [-0.25, -0.2) is 0 Å². The van der Waals surface area contributed by atoms with Crippen molar-refractivity contribution in [2.45, 2.75) is 13.0 Å². The molecule has 0 unspecified atom stereocenters. The molecule has 3 N–H and O–H groups in total. The largest absolute Gasteiger partial charge is 0.348 e. The van der Waals surface area contributed by atoms with Crippen molar-refractivity contribution in [1.29, 1.82) is 0 Å². The van der Waals surface area contributed by atoms with Crippen LogP contribution in [-0.2, 0) is 13.0 Å². The second-order valence-electron chi connectivity index (χ2n) is 4.54. The van der Waals surface area contributed by atoms with Gasteiger partial charge in [0.15, 0.2) is 0 Å². The van der Waals surface area contributed by atoms with Crippen LogP contribution in [0.3, 0.4) is 0 Å². The quantitative estimate of drug-likeness (QED) is 0.884. The molecule has 0 aliphatic rings. The number of carbonyl (C=O) groups excluding carboxylic acids is 1. The summed E-state index contributed by atoms with van der Waals surface area (Å²) in [6.45, 7) is 1.14. The zero-order valence-electron chi connectivity index (χ0n) is 11.1. The van der Waals surface area contributed by atoms with Crippen LogP contribution < -0.4 is 11.1 Å². The number of hydrogen-bond acceptors (Lipinski definition) is 2. The van der Waals surface area contributed by atoms with Gasteiger partial charge in [-0.2, -0.15) is 0 Å². The summed E-state index contributed by atoms with van der Waals surface area (Å²) in [5, 5.41) is 2.91. The fourth-order valence-corrected chi connectivity index (χ4v) is 2.14. The number of amides is 1. The van der Waals surface area contributed by atoms with Gasteiger partial charge >= 0.3 is 0 Å². The van der Waals surface area contributed by atoms with Crippen LogP contribution in [0.25, 0.3) is 0 Å². The molecule has 0 aromatic heterocycles. The minimum atomic E-state index is -0.0628. The van der Waals surface area contributed by atoms with E-state index < -0.39 is 0 Å².